The molecule has 6 heteroatoms. The lowest BCUT2D eigenvalue weighted by Gasteiger charge is -2.11. The fraction of sp³-hybridized carbons (Fsp3) is 0.333. The predicted molar refractivity (Wildman–Crippen MR) is 65.8 cm³/mol. The molecule has 2 rings (SSSR count). The zero-order chi connectivity index (χ0) is 13.1. The molecule has 1 aromatic carbocycles. The van der Waals surface area contributed by atoms with Crippen LogP contribution < -0.4 is 0 Å². The summed E-state index contributed by atoms with van der Waals surface area (Å²) < 4.78 is 14.5. The van der Waals surface area contributed by atoms with Crippen molar-refractivity contribution >= 4 is 11.6 Å². The van der Waals surface area contributed by atoms with Crippen molar-refractivity contribution in [1.29, 1.82) is 0 Å². The highest BCUT2D eigenvalue weighted by Crippen LogP contribution is 2.19. The monoisotopic (exact) mass is 269 g/mol. The highest BCUT2D eigenvalue weighted by atomic mass is 35.5. The van der Waals surface area contributed by atoms with Gasteiger partial charge in [0.1, 0.15) is 18.0 Å². The fourth-order valence-corrected chi connectivity index (χ4v) is 1.97. The van der Waals surface area contributed by atoms with Crippen LogP contribution in [0.4, 0.5) is 4.39 Å². The Balaban J connectivity index is 2.03. The minimum Gasteiger partial charge on any atom is -0.392 e. The Labute approximate surface area is 109 Å². The van der Waals surface area contributed by atoms with Crippen LogP contribution >= 0.6 is 11.6 Å². The molecule has 0 amide bonds. The molecule has 1 atom stereocenters. The van der Waals surface area contributed by atoms with Gasteiger partial charge in [0.25, 0.3) is 0 Å². The Hall–Kier alpha value is -1.46. The van der Waals surface area contributed by atoms with Gasteiger partial charge in [-0.2, -0.15) is 5.10 Å². The minimum atomic E-state index is -0.629. The second-order valence-corrected chi connectivity index (χ2v) is 4.50. The second-order valence-electron chi connectivity index (χ2n) is 4.10. The van der Waals surface area contributed by atoms with Crippen LogP contribution in [0.3, 0.4) is 0 Å². The molecular weight excluding hydrogens is 257 g/mol. The minimum absolute atomic E-state index is 0.326. The van der Waals surface area contributed by atoms with Gasteiger partial charge in [-0.15, -0.1) is 0 Å². The number of aliphatic hydroxyl groups excluding tert-OH is 1. The van der Waals surface area contributed by atoms with E-state index in [1.165, 1.54) is 18.5 Å². The normalized spacial score (nSPS) is 12.7. The van der Waals surface area contributed by atoms with Gasteiger partial charge in [0, 0.05) is 24.9 Å². The first-order valence-corrected chi connectivity index (χ1v) is 5.89. The first-order valence-electron chi connectivity index (χ1n) is 5.51. The topological polar surface area (TPSA) is 50.9 Å². The predicted octanol–water partition coefficient (Wildman–Crippen LogP) is 1.75. The molecule has 1 heterocycles. The fourth-order valence-electron chi connectivity index (χ4n) is 1.73. The number of hydrogen-bond acceptors (Lipinski definition) is 3. The summed E-state index contributed by atoms with van der Waals surface area (Å²) >= 11 is 5.90. The van der Waals surface area contributed by atoms with E-state index in [0.29, 0.717) is 29.3 Å². The number of hydrogen-bond donors (Lipinski definition) is 1. The second kappa shape index (κ2) is 5.46. The van der Waals surface area contributed by atoms with Gasteiger partial charge in [-0.3, -0.25) is 4.68 Å². The van der Waals surface area contributed by atoms with Crippen molar-refractivity contribution < 1.29 is 9.50 Å². The molecule has 4 nitrogen and oxygen atoms in total. The lowest BCUT2D eigenvalue weighted by atomic mass is 10.1. The van der Waals surface area contributed by atoms with Gasteiger partial charge in [-0.1, -0.05) is 17.7 Å². The van der Waals surface area contributed by atoms with E-state index in [-0.39, 0.29) is 5.82 Å². The number of benzene rings is 1. The van der Waals surface area contributed by atoms with E-state index < -0.39 is 6.10 Å². The molecule has 1 aromatic heterocycles. The molecule has 0 bridgehead atoms. The van der Waals surface area contributed by atoms with Crippen LogP contribution in [0.25, 0.3) is 0 Å². The first-order chi connectivity index (χ1) is 8.56. The zero-order valence-corrected chi connectivity index (χ0v) is 10.6. The molecule has 1 unspecified atom stereocenters. The summed E-state index contributed by atoms with van der Waals surface area (Å²) in [7, 11) is 1.76. The van der Waals surface area contributed by atoms with Crippen LogP contribution in [-0.2, 0) is 19.9 Å². The summed E-state index contributed by atoms with van der Waals surface area (Å²) in [4.78, 5) is 4.03. The molecule has 0 aliphatic rings. The third-order valence-corrected chi connectivity index (χ3v) is 3.05. The summed E-state index contributed by atoms with van der Waals surface area (Å²) in [6.45, 7) is 0. The maximum Gasteiger partial charge on any atom is 0.138 e. The molecule has 0 radical (unpaired) electrons. The molecule has 0 aliphatic heterocycles. The van der Waals surface area contributed by atoms with Gasteiger partial charge in [0.2, 0.25) is 0 Å². The Morgan fingerprint density at radius 3 is 2.83 bits per heavy atom. The first kappa shape index (κ1) is 13.0. The largest absolute Gasteiger partial charge is 0.392 e. The number of halogens is 2. The maximum atomic E-state index is 12.9. The zero-order valence-electron chi connectivity index (χ0n) is 9.85. The lowest BCUT2D eigenvalue weighted by Crippen LogP contribution is -2.17. The maximum absolute atomic E-state index is 12.9. The van der Waals surface area contributed by atoms with Crippen molar-refractivity contribution in [3.8, 4) is 0 Å². The van der Waals surface area contributed by atoms with Gasteiger partial charge in [-0.25, -0.2) is 9.37 Å². The van der Waals surface area contributed by atoms with Crippen LogP contribution in [0.2, 0.25) is 5.02 Å². The quantitative estimate of drug-likeness (QED) is 0.920. The van der Waals surface area contributed by atoms with Gasteiger partial charge in [-0.05, 0) is 17.7 Å². The van der Waals surface area contributed by atoms with Crippen molar-refractivity contribution in [3.63, 3.8) is 0 Å². The van der Waals surface area contributed by atoms with Crippen LogP contribution in [0.15, 0.2) is 24.5 Å². The number of aromatic nitrogens is 3. The molecule has 0 fully saturated rings. The van der Waals surface area contributed by atoms with E-state index in [0.717, 1.165) is 0 Å². The highest BCUT2D eigenvalue weighted by Gasteiger charge is 2.12. The van der Waals surface area contributed by atoms with Crippen LogP contribution in [0.5, 0.6) is 0 Å². The lowest BCUT2D eigenvalue weighted by molar-refractivity contribution is 0.171. The van der Waals surface area contributed by atoms with Gasteiger partial charge in [0.15, 0.2) is 0 Å². The van der Waals surface area contributed by atoms with E-state index in [1.54, 1.807) is 17.8 Å². The number of rotatable bonds is 4. The van der Waals surface area contributed by atoms with E-state index in [4.69, 9.17) is 11.6 Å². The van der Waals surface area contributed by atoms with Gasteiger partial charge in [0.05, 0.1) is 6.10 Å². The molecule has 0 spiro atoms. The van der Waals surface area contributed by atoms with Crippen molar-refractivity contribution in [3.05, 3.63) is 46.8 Å². The average Bonchev–Trinajstić information content (AvgIpc) is 2.69. The summed E-state index contributed by atoms with van der Waals surface area (Å²) in [5, 5.41) is 14.2. The SMILES string of the molecule is Cn1ncnc1CC(O)Cc1ccc(F)cc1Cl. The van der Waals surface area contributed by atoms with Gasteiger partial charge < -0.3 is 5.11 Å². The molecule has 0 aliphatic carbocycles. The van der Waals surface area contributed by atoms with E-state index in [1.807, 2.05) is 0 Å². The summed E-state index contributed by atoms with van der Waals surface area (Å²) in [5.41, 5.74) is 0.715. The van der Waals surface area contributed by atoms with Crippen molar-refractivity contribution in [2.24, 2.45) is 7.05 Å². The summed E-state index contributed by atoms with van der Waals surface area (Å²) in [6.07, 6.45) is 1.54. The molecule has 1 N–H and O–H groups in total. The molecule has 0 saturated heterocycles. The van der Waals surface area contributed by atoms with Crippen LogP contribution in [-0.4, -0.2) is 26.0 Å². The Morgan fingerprint density at radius 1 is 1.44 bits per heavy atom. The van der Waals surface area contributed by atoms with E-state index in [2.05, 4.69) is 10.1 Å². The Morgan fingerprint density at radius 2 is 2.22 bits per heavy atom. The summed E-state index contributed by atoms with van der Waals surface area (Å²) in [6, 6.07) is 4.15. The van der Waals surface area contributed by atoms with Crippen molar-refractivity contribution in [1.82, 2.24) is 14.8 Å². The Kier molecular flexibility index (Phi) is 3.93. The molecular formula is C12H13ClFN3O. The number of aryl methyl sites for hydroxylation is 1. The summed E-state index contributed by atoms with van der Waals surface area (Å²) in [5.74, 6) is 0.312. The smallest absolute Gasteiger partial charge is 0.138 e. The Bertz CT molecular complexity index is 544. The van der Waals surface area contributed by atoms with Crippen LogP contribution in [0.1, 0.15) is 11.4 Å². The molecule has 18 heavy (non-hydrogen) atoms. The standard InChI is InChI=1S/C12H13ClFN3O/c1-17-12(15-7-16-17)6-10(18)4-8-2-3-9(14)5-11(8)13/h2-3,5,7,10,18H,4,6H2,1H3. The highest BCUT2D eigenvalue weighted by molar-refractivity contribution is 6.31. The molecule has 96 valence electrons. The van der Waals surface area contributed by atoms with Crippen molar-refractivity contribution in [2.45, 2.75) is 18.9 Å². The van der Waals surface area contributed by atoms with Crippen LogP contribution in [0, 0.1) is 5.82 Å². The van der Waals surface area contributed by atoms with E-state index in [9.17, 15) is 9.50 Å². The number of aliphatic hydroxyl groups is 1. The third kappa shape index (κ3) is 3.05. The molecule has 0 saturated carbocycles. The average molecular weight is 270 g/mol. The third-order valence-electron chi connectivity index (χ3n) is 2.69. The van der Waals surface area contributed by atoms with Crippen molar-refractivity contribution in [2.75, 3.05) is 0 Å². The van der Waals surface area contributed by atoms with E-state index >= 15 is 0 Å². The number of nitrogens with zero attached hydrogens (tertiary/aromatic N) is 3. The molecule has 2 aromatic rings. The van der Waals surface area contributed by atoms with Gasteiger partial charge >= 0.3 is 0 Å².